The van der Waals surface area contributed by atoms with Crippen molar-refractivity contribution in [2.45, 2.75) is 19.4 Å². The number of halogens is 1. The Morgan fingerprint density at radius 3 is 2.43 bits per heavy atom. The Morgan fingerprint density at radius 1 is 1.86 bits per heavy atom. The molecule has 0 aliphatic carbocycles. The summed E-state index contributed by atoms with van der Waals surface area (Å²) >= 11 is 0. The average Bonchev–Trinajstić information content (AvgIpc) is 1.72. The van der Waals surface area contributed by atoms with Crippen LogP contribution in [0, 0.1) is 6.57 Å². The Kier molecular flexibility index (Phi) is 3.31. The first-order valence-corrected chi connectivity index (χ1v) is 2.27. The van der Waals surface area contributed by atoms with Gasteiger partial charge in [0.15, 0.2) is 6.67 Å². The lowest BCUT2D eigenvalue weighted by atomic mass is 10.3. The van der Waals surface area contributed by atoms with Gasteiger partial charge in [-0.15, -0.1) is 0 Å². The molecular formula is C5H8FN. The molecule has 40 valence electrons. The molecule has 1 unspecified atom stereocenters. The zero-order chi connectivity index (χ0) is 5.70. The Labute approximate surface area is 43.0 Å². The van der Waals surface area contributed by atoms with Crippen LogP contribution in [0.25, 0.3) is 4.85 Å². The summed E-state index contributed by atoms with van der Waals surface area (Å²) in [6.45, 7) is 7.65. The van der Waals surface area contributed by atoms with Crippen molar-refractivity contribution >= 4 is 0 Å². The van der Waals surface area contributed by atoms with Crippen LogP contribution in [-0.2, 0) is 0 Å². The van der Waals surface area contributed by atoms with Crippen molar-refractivity contribution in [2.24, 2.45) is 0 Å². The van der Waals surface area contributed by atoms with E-state index in [9.17, 15) is 4.39 Å². The van der Waals surface area contributed by atoms with Gasteiger partial charge in [-0.05, 0) is 0 Å². The second-order valence-corrected chi connectivity index (χ2v) is 1.35. The van der Waals surface area contributed by atoms with Gasteiger partial charge < -0.3 is 4.85 Å². The molecule has 0 aromatic carbocycles. The number of rotatable bonds is 2. The van der Waals surface area contributed by atoms with Gasteiger partial charge >= 0.3 is 0 Å². The van der Waals surface area contributed by atoms with E-state index in [1.165, 1.54) is 0 Å². The van der Waals surface area contributed by atoms with Crippen molar-refractivity contribution in [3.05, 3.63) is 11.4 Å². The summed E-state index contributed by atoms with van der Waals surface area (Å²) in [4.78, 5) is 3.00. The summed E-state index contributed by atoms with van der Waals surface area (Å²) in [5.41, 5.74) is 0. The molecule has 0 aliphatic rings. The maximum Gasteiger partial charge on any atom is 0.251 e. The van der Waals surface area contributed by atoms with Crippen LogP contribution in [0.5, 0.6) is 0 Å². The van der Waals surface area contributed by atoms with E-state index in [-0.39, 0.29) is 6.04 Å². The normalized spacial score (nSPS) is 12.7. The van der Waals surface area contributed by atoms with E-state index >= 15 is 0 Å². The van der Waals surface area contributed by atoms with E-state index in [1.54, 1.807) is 0 Å². The van der Waals surface area contributed by atoms with Gasteiger partial charge in [0.25, 0.3) is 6.04 Å². The molecule has 0 saturated heterocycles. The predicted octanol–water partition coefficient (Wildman–Crippen LogP) is 1.65. The molecule has 0 bridgehead atoms. The second-order valence-electron chi connectivity index (χ2n) is 1.35. The highest BCUT2D eigenvalue weighted by Gasteiger charge is 2.05. The largest absolute Gasteiger partial charge is 0.311 e. The Morgan fingerprint density at radius 2 is 2.43 bits per heavy atom. The van der Waals surface area contributed by atoms with Gasteiger partial charge in [-0.2, -0.15) is 0 Å². The van der Waals surface area contributed by atoms with Gasteiger partial charge in [0.1, 0.15) is 0 Å². The third-order valence-electron chi connectivity index (χ3n) is 0.832. The van der Waals surface area contributed by atoms with Crippen LogP contribution < -0.4 is 0 Å². The van der Waals surface area contributed by atoms with Crippen molar-refractivity contribution in [2.75, 3.05) is 6.67 Å². The molecule has 0 fully saturated rings. The van der Waals surface area contributed by atoms with E-state index in [2.05, 4.69) is 4.85 Å². The van der Waals surface area contributed by atoms with Crippen LogP contribution in [0.2, 0.25) is 0 Å². The molecule has 0 N–H and O–H groups in total. The topological polar surface area (TPSA) is 4.36 Å². The smallest absolute Gasteiger partial charge is 0.251 e. The molecule has 0 heterocycles. The zero-order valence-corrected chi connectivity index (χ0v) is 4.32. The Bertz CT molecular complexity index is 70.6. The summed E-state index contributed by atoms with van der Waals surface area (Å²) in [7, 11) is 0. The maximum atomic E-state index is 11.4. The molecule has 0 spiro atoms. The summed E-state index contributed by atoms with van der Waals surface area (Å²) in [5, 5.41) is 0. The first-order valence-electron chi connectivity index (χ1n) is 2.27. The molecule has 0 aromatic rings. The van der Waals surface area contributed by atoms with Crippen molar-refractivity contribution in [3.63, 3.8) is 0 Å². The molecule has 0 amide bonds. The van der Waals surface area contributed by atoms with Gasteiger partial charge in [0, 0.05) is 6.42 Å². The third kappa shape index (κ3) is 2.16. The van der Waals surface area contributed by atoms with Crippen molar-refractivity contribution in [1.82, 2.24) is 0 Å². The zero-order valence-electron chi connectivity index (χ0n) is 4.32. The summed E-state index contributed by atoms with van der Waals surface area (Å²) in [6.07, 6.45) is 0.625. The highest BCUT2D eigenvalue weighted by atomic mass is 19.1. The molecule has 0 aromatic heterocycles. The molecule has 0 radical (unpaired) electrons. The molecule has 2 heteroatoms. The molecule has 1 nitrogen and oxygen atoms in total. The van der Waals surface area contributed by atoms with Gasteiger partial charge in [0.2, 0.25) is 0 Å². The van der Waals surface area contributed by atoms with E-state index in [0.29, 0.717) is 6.42 Å². The number of nitrogens with zero attached hydrogens (tertiary/aromatic N) is 1. The summed E-state index contributed by atoms with van der Waals surface area (Å²) in [6, 6.07) is -0.389. The number of alkyl halides is 1. The van der Waals surface area contributed by atoms with Gasteiger partial charge in [0.05, 0.1) is 0 Å². The summed E-state index contributed by atoms with van der Waals surface area (Å²) < 4.78 is 11.4. The molecule has 0 rings (SSSR count). The van der Waals surface area contributed by atoms with Crippen LogP contribution in [0.15, 0.2) is 0 Å². The fraction of sp³-hybridized carbons (Fsp3) is 0.800. The lowest BCUT2D eigenvalue weighted by Gasteiger charge is -1.89. The maximum absolute atomic E-state index is 11.4. The van der Waals surface area contributed by atoms with Gasteiger partial charge in [-0.1, -0.05) is 6.92 Å². The highest BCUT2D eigenvalue weighted by Crippen LogP contribution is 1.95. The van der Waals surface area contributed by atoms with Gasteiger partial charge in [-0.3, -0.25) is 0 Å². The van der Waals surface area contributed by atoms with Crippen LogP contribution in [-0.4, -0.2) is 12.7 Å². The second kappa shape index (κ2) is 3.60. The van der Waals surface area contributed by atoms with E-state index in [0.717, 1.165) is 0 Å². The monoisotopic (exact) mass is 101 g/mol. The lowest BCUT2D eigenvalue weighted by molar-refractivity contribution is 0.452. The SMILES string of the molecule is [C-]#[N+]C(CC)CF. The third-order valence-corrected chi connectivity index (χ3v) is 0.832. The number of hydrogen-bond acceptors (Lipinski definition) is 0. The first kappa shape index (κ1) is 6.42. The Balaban J connectivity index is 3.23. The van der Waals surface area contributed by atoms with Gasteiger partial charge in [-0.25, -0.2) is 11.0 Å². The fourth-order valence-corrected chi connectivity index (χ4v) is 0.235. The minimum atomic E-state index is -0.500. The molecular weight excluding hydrogens is 93.1 g/mol. The quantitative estimate of drug-likeness (QED) is 0.466. The van der Waals surface area contributed by atoms with E-state index < -0.39 is 6.67 Å². The van der Waals surface area contributed by atoms with Crippen molar-refractivity contribution in [1.29, 1.82) is 0 Å². The summed E-state index contributed by atoms with van der Waals surface area (Å²) in [5.74, 6) is 0. The van der Waals surface area contributed by atoms with Crippen LogP contribution >= 0.6 is 0 Å². The van der Waals surface area contributed by atoms with Crippen LogP contribution in [0.1, 0.15) is 13.3 Å². The molecule has 0 aliphatic heterocycles. The molecule has 7 heavy (non-hydrogen) atoms. The number of hydrogen-bond donors (Lipinski definition) is 0. The van der Waals surface area contributed by atoms with Crippen LogP contribution in [0.3, 0.4) is 0 Å². The minimum Gasteiger partial charge on any atom is -0.311 e. The minimum absolute atomic E-state index is 0.389. The lowest BCUT2D eigenvalue weighted by Crippen LogP contribution is -2.00. The molecule has 1 atom stereocenters. The predicted molar refractivity (Wildman–Crippen MR) is 26.7 cm³/mol. The Hall–Kier alpha value is -0.580. The van der Waals surface area contributed by atoms with Crippen molar-refractivity contribution in [3.8, 4) is 0 Å². The standard InChI is InChI=1S/C5H8FN/c1-3-5(4-6)7-2/h5H,3-4H2,1H3. The van der Waals surface area contributed by atoms with E-state index in [4.69, 9.17) is 6.57 Å². The first-order chi connectivity index (χ1) is 3.35. The average molecular weight is 101 g/mol. The van der Waals surface area contributed by atoms with Crippen molar-refractivity contribution < 1.29 is 4.39 Å². The highest BCUT2D eigenvalue weighted by molar-refractivity contribution is 4.74. The fourth-order valence-electron chi connectivity index (χ4n) is 0.235. The molecule has 0 saturated carbocycles. The van der Waals surface area contributed by atoms with Crippen LogP contribution in [0.4, 0.5) is 4.39 Å². The van der Waals surface area contributed by atoms with E-state index in [1.807, 2.05) is 6.92 Å².